The molecule has 4 heteroatoms. The van der Waals surface area contributed by atoms with Crippen molar-refractivity contribution in [1.29, 1.82) is 0 Å². The van der Waals surface area contributed by atoms with Crippen molar-refractivity contribution in [3.63, 3.8) is 0 Å². The van der Waals surface area contributed by atoms with E-state index in [9.17, 15) is 4.79 Å². The van der Waals surface area contributed by atoms with Crippen LogP contribution in [0.15, 0.2) is 24.3 Å². The van der Waals surface area contributed by atoms with E-state index in [4.69, 9.17) is 0 Å². The molecule has 2 aliphatic rings. The van der Waals surface area contributed by atoms with E-state index >= 15 is 0 Å². The number of hydrogen-bond donors (Lipinski definition) is 0. The summed E-state index contributed by atoms with van der Waals surface area (Å²) in [5.41, 5.74) is 2.69. The number of carbonyl (C=O) groups is 1. The molecule has 27 heavy (non-hydrogen) atoms. The number of nitrogens with zero attached hydrogens (tertiary/aromatic N) is 3. The minimum absolute atomic E-state index is 0.211. The lowest BCUT2D eigenvalue weighted by atomic mass is 9.87. The van der Waals surface area contributed by atoms with Gasteiger partial charge in [0.05, 0.1) is 0 Å². The highest BCUT2D eigenvalue weighted by molar-refractivity contribution is 5.82. The van der Waals surface area contributed by atoms with Crippen LogP contribution in [-0.4, -0.2) is 61.5 Å². The fourth-order valence-corrected chi connectivity index (χ4v) is 4.05. The summed E-state index contributed by atoms with van der Waals surface area (Å²) in [7, 11) is 0. The van der Waals surface area contributed by atoms with Crippen LogP contribution in [0.3, 0.4) is 0 Å². The van der Waals surface area contributed by atoms with Gasteiger partial charge in [-0.2, -0.15) is 0 Å². The molecule has 0 saturated carbocycles. The molecule has 2 heterocycles. The fourth-order valence-electron chi connectivity index (χ4n) is 4.05. The van der Waals surface area contributed by atoms with Gasteiger partial charge in [0.15, 0.2) is 0 Å². The first-order valence-electron chi connectivity index (χ1n) is 10.4. The molecule has 1 aromatic rings. The van der Waals surface area contributed by atoms with Crippen molar-refractivity contribution in [2.75, 3.05) is 50.7 Å². The highest BCUT2D eigenvalue weighted by Gasteiger charge is 2.37. The van der Waals surface area contributed by atoms with Crippen molar-refractivity contribution >= 4 is 11.6 Å². The van der Waals surface area contributed by atoms with Crippen LogP contribution in [0.2, 0.25) is 0 Å². The summed E-state index contributed by atoms with van der Waals surface area (Å²) in [5.74, 6) is 0.941. The van der Waals surface area contributed by atoms with Gasteiger partial charge in [-0.15, -0.1) is 0 Å². The molecule has 2 saturated heterocycles. The second kappa shape index (κ2) is 7.46. The van der Waals surface area contributed by atoms with Gasteiger partial charge in [-0.25, -0.2) is 0 Å². The minimum atomic E-state index is -0.251. The Bertz CT molecular complexity index is 640. The van der Waals surface area contributed by atoms with Crippen molar-refractivity contribution in [3.05, 3.63) is 29.8 Å². The van der Waals surface area contributed by atoms with Gasteiger partial charge in [-0.1, -0.05) is 53.7 Å². The van der Waals surface area contributed by atoms with E-state index in [2.05, 4.69) is 54.8 Å². The first kappa shape index (κ1) is 20.2. The molecule has 2 fully saturated rings. The molecule has 0 bridgehead atoms. The van der Waals surface area contributed by atoms with Crippen molar-refractivity contribution in [2.45, 2.75) is 47.0 Å². The Morgan fingerprint density at radius 1 is 0.926 bits per heavy atom. The molecule has 1 amide bonds. The minimum Gasteiger partial charge on any atom is -0.369 e. The third kappa shape index (κ3) is 4.84. The molecule has 0 aliphatic carbocycles. The smallest absolute Gasteiger partial charge is 0.227 e. The highest BCUT2D eigenvalue weighted by atomic mass is 16.2. The van der Waals surface area contributed by atoms with E-state index in [0.717, 1.165) is 45.8 Å². The Hall–Kier alpha value is -1.55. The van der Waals surface area contributed by atoms with Crippen LogP contribution in [0, 0.1) is 11.3 Å². The Morgan fingerprint density at radius 3 is 1.96 bits per heavy atom. The van der Waals surface area contributed by atoms with Gasteiger partial charge >= 0.3 is 0 Å². The Morgan fingerprint density at radius 2 is 1.48 bits per heavy atom. The topological polar surface area (TPSA) is 26.8 Å². The molecule has 0 radical (unpaired) electrons. The quantitative estimate of drug-likeness (QED) is 0.812. The summed E-state index contributed by atoms with van der Waals surface area (Å²) in [4.78, 5) is 19.4. The largest absolute Gasteiger partial charge is 0.369 e. The third-order valence-corrected chi connectivity index (χ3v) is 5.87. The fraction of sp³-hybridized carbons (Fsp3) is 0.696. The summed E-state index contributed by atoms with van der Waals surface area (Å²) >= 11 is 0. The lowest BCUT2D eigenvalue weighted by molar-refractivity contribution is -0.146. The number of hydrogen-bond acceptors (Lipinski definition) is 3. The number of anilines is 1. The van der Waals surface area contributed by atoms with E-state index in [0.29, 0.717) is 11.8 Å². The predicted molar refractivity (Wildman–Crippen MR) is 113 cm³/mol. The molecular formula is C23H37N3O. The van der Waals surface area contributed by atoms with Crippen LogP contribution in [0.5, 0.6) is 0 Å². The van der Waals surface area contributed by atoms with Crippen molar-refractivity contribution in [2.24, 2.45) is 11.3 Å². The van der Waals surface area contributed by atoms with Crippen LogP contribution in [0.25, 0.3) is 0 Å². The van der Waals surface area contributed by atoms with Gasteiger partial charge in [0.2, 0.25) is 5.91 Å². The molecule has 0 unspecified atom stereocenters. The molecule has 0 aromatic heterocycles. The van der Waals surface area contributed by atoms with Crippen LogP contribution in [0.1, 0.15) is 47.1 Å². The Labute approximate surface area is 165 Å². The van der Waals surface area contributed by atoms with Crippen LogP contribution >= 0.6 is 0 Å². The van der Waals surface area contributed by atoms with Crippen LogP contribution in [0.4, 0.5) is 5.69 Å². The average Bonchev–Trinajstić information content (AvgIpc) is 2.56. The first-order valence-corrected chi connectivity index (χ1v) is 10.4. The van der Waals surface area contributed by atoms with E-state index in [1.807, 2.05) is 25.7 Å². The summed E-state index contributed by atoms with van der Waals surface area (Å²) in [6.45, 7) is 20.2. The third-order valence-electron chi connectivity index (χ3n) is 5.87. The molecular weight excluding hydrogens is 334 g/mol. The normalized spacial score (nSPS) is 19.9. The highest BCUT2D eigenvalue weighted by Crippen LogP contribution is 2.27. The maximum absolute atomic E-state index is 12.3. The summed E-state index contributed by atoms with van der Waals surface area (Å²) in [6, 6.07) is 9.10. The zero-order valence-corrected chi connectivity index (χ0v) is 18.1. The number of likely N-dealkylation sites (tertiary alicyclic amines) is 1. The van der Waals surface area contributed by atoms with Crippen molar-refractivity contribution < 1.29 is 4.79 Å². The van der Waals surface area contributed by atoms with E-state index in [1.54, 1.807) is 0 Å². The number of carbonyl (C=O) groups excluding carboxylic acids is 1. The van der Waals surface area contributed by atoms with E-state index in [-0.39, 0.29) is 10.8 Å². The van der Waals surface area contributed by atoms with Gasteiger partial charge in [0, 0.05) is 62.8 Å². The monoisotopic (exact) mass is 371 g/mol. The molecule has 0 atom stereocenters. The lowest BCUT2D eigenvalue weighted by Gasteiger charge is -2.45. The van der Waals surface area contributed by atoms with Crippen molar-refractivity contribution in [3.8, 4) is 0 Å². The molecule has 2 aliphatic heterocycles. The van der Waals surface area contributed by atoms with Gasteiger partial charge in [-0.3, -0.25) is 9.69 Å². The zero-order chi connectivity index (χ0) is 19.8. The number of piperazine rings is 1. The number of rotatable bonds is 3. The summed E-state index contributed by atoms with van der Waals surface area (Å²) in [6.07, 6.45) is 0. The first-order chi connectivity index (χ1) is 12.5. The second-order valence-electron chi connectivity index (χ2n) is 10.4. The van der Waals surface area contributed by atoms with Crippen LogP contribution < -0.4 is 4.90 Å². The Kier molecular flexibility index (Phi) is 5.58. The number of amides is 1. The Balaban J connectivity index is 1.43. The molecule has 1 aromatic carbocycles. The maximum atomic E-state index is 12.3. The average molecular weight is 372 g/mol. The van der Waals surface area contributed by atoms with Crippen LogP contribution in [-0.2, 0) is 10.2 Å². The number of benzene rings is 1. The van der Waals surface area contributed by atoms with Gasteiger partial charge in [0.1, 0.15) is 0 Å². The van der Waals surface area contributed by atoms with Gasteiger partial charge < -0.3 is 9.80 Å². The molecule has 0 N–H and O–H groups in total. The van der Waals surface area contributed by atoms with Crippen molar-refractivity contribution in [1.82, 2.24) is 9.80 Å². The summed E-state index contributed by atoms with van der Waals surface area (Å²) < 4.78 is 0. The molecule has 4 nitrogen and oxygen atoms in total. The maximum Gasteiger partial charge on any atom is 0.227 e. The van der Waals surface area contributed by atoms with Gasteiger partial charge in [-0.05, 0) is 23.1 Å². The van der Waals surface area contributed by atoms with E-state index < -0.39 is 0 Å². The lowest BCUT2D eigenvalue weighted by Crippen LogP contribution is -2.58. The van der Waals surface area contributed by atoms with E-state index in [1.165, 1.54) is 11.3 Å². The summed E-state index contributed by atoms with van der Waals surface area (Å²) in [5, 5.41) is 0. The predicted octanol–water partition coefficient (Wildman–Crippen LogP) is 3.61. The van der Waals surface area contributed by atoms with Gasteiger partial charge in [0.25, 0.3) is 0 Å². The second-order valence-corrected chi connectivity index (χ2v) is 10.4. The molecule has 3 rings (SSSR count). The molecule has 150 valence electrons. The SMILES string of the molecule is CC(C)(C)C(=O)N1CC(CN2CCN(c3ccc(C(C)(C)C)cc3)CC2)C1. The molecule has 0 spiro atoms. The zero-order valence-electron chi connectivity index (χ0n) is 18.1. The standard InChI is InChI=1S/C23H37N3O/c1-22(2,3)19-7-9-20(10-8-19)25-13-11-24(12-14-25)15-18-16-26(17-18)21(27)23(4,5)6/h7-10,18H,11-17H2,1-6H3.